The summed E-state index contributed by atoms with van der Waals surface area (Å²) in [4.78, 5) is 5.85. The summed E-state index contributed by atoms with van der Waals surface area (Å²) in [7, 11) is 3.40. The first-order chi connectivity index (χ1) is 12.5. The molecule has 0 bridgehead atoms. The average molecular weight is 406 g/mol. The number of benzene rings is 1. The van der Waals surface area contributed by atoms with Crippen LogP contribution < -0.4 is 0 Å². The van der Waals surface area contributed by atoms with Gasteiger partial charge >= 0.3 is 6.18 Å². The van der Waals surface area contributed by atoms with E-state index in [4.69, 9.17) is 4.74 Å². The number of amidine groups is 1. The fourth-order valence-electron chi connectivity index (χ4n) is 3.23. The van der Waals surface area contributed by atoms with E-state index in [1.54, 1.807) is 37.2 Å². The van der Waals surface area contributed by atoms with E-state index in [2.05, 4.69) is 4.99 Å². The molecule has 0 aliphatic carbocycles. The molecule has 0 saturated carbocycles. The van der Waals surface area contributed by atoms with Crippen LogP contribution in [0.3, 0.4) is 0 Å². The van der Waals surface area contributed by atoms with Crippen molar-refractivity contribution in [2.45, 2.75) is 48.0 Å². The summed E-state index contributed by atoms with van der Waals surface area (Å²) >= 11 is 1.05. The fourth-order valence-corrected chi connectivity index (χ4v) is 4.37. The Bertz CT molecular complexity index is 703. The third kappa shape index (κ3) is 3.68. The third-order valence-corrected chi connectivity index (χ3v) is 6.01. The van der Waals surface area contributed by atoms with Gasteiger partial charge in [0.05, 0.1) is 0 Å². The average Bonchev–Trinajstić information content (AvgIpc) is 3.02. The van der Waals surface area contributed by atoms with Gasteiger partial charge in [0.15, 0.2) is 10.8 Å². The number of rotatable bonds is 3. The van der Waals surface area contributed by atoms with Crippen LogP contribution in [-0.2, 0) is 11.2 Å². The van der Waals surface area contributed by atoms with E-state index in [0.29, 0.717) is 5.17 Å². The Morgan fingerprint density at radius 2 is 1.78 bits per heavy atom. The smallest absolute Gasteiger partial charge is 0.388 e. The van der Waals surface area contributed by atoms with Gasteiger partial charge in [0, 0.05) is 20.5 Å². The number of thioether (sulfide) groups is 1. The highest BCUT2D eigenvalue weighted by Crippen LogP contribution is 2.45. The summed E-state index contributed by atoms with van der Waals surface area (Å²) in [6.45, 7) is 0. The topological polar surface area (TPSA) is 85.5 Å². The number of hydrogen-bond acceptors (Lipinski definition) is 7. The number of aliphatic hydroxyl groups excluding tert-OH is 2. The molecule has 2 aliphatic rings. The van der Waals surface area contributed by atoms with E-state index in [1.807, 2.05) is 0 Å². The van der Waals surface area contributed by atoms with Gasteiger partial charge in [-0.25, -0.2) is 0 Å². The predicted octanol–water partition coefficient (Wildman–Crippen LogP) is 1.00. The Morgan fingerprint density at radius 3 is 2.33 bits per heavy atom. The van der Waals surface area contributed by atoms with E-state index < -0.39 is 48.0 Å². The first-order valence-electron chi connectivity index (χ1n) is 8.31. The lowest BCUT2D eigenvalue weighted by Gasteiger charge is -2.46. The molecule has 0 radical (unpaired) electrons. The van der Waals surface area contributed by atoms with Gasteiger partial charge in [-0.2, -0.15) is 13.2 Å². The van der Waals surface area contributed by atoms with E-state index in [1.165, 1.54) is 12.1 Å². The number of halogens is 3. The molecule has 0 unspecified atom stereocenters. The monoisotopic (exact) mass is 406 g/mol. The second-order valence-electron chi connectivity index (χ2n) is 6.91. The molecule has 3 rings (SSSR count). The minimum Gasteiger partial charge on any atom is -0.388 e. The van der Waals surface area contributed by atoms with Crippen LogP contribution in [0, 0.1) is 0 Å². The molecule has 1 fully saturated rings. The van der Waals surface area contributed by atoms with Gasteiger partial charge in [-0.3, -0.25) is 4.99 Å². The molecule has 10 heteroatoms. The first kappa shape index (κ1) is 20.4. The van der Waals surface area contributed by atoms with Crippen molar-refractivity contribution < 1.29 is 33.2 Å². The molecule has 2 aliphatic heterocycles. The predicted molar refractivity (Wildman–Crippen MR) is 94.3 cm³/mol. The molecular weight excluding hydrogens is 385 g/mol. The summed E-state index contributed by atoms with van der Waals surface area (Å²) in [6.07, 6.45) is -11.5. The molecule has 1 saturated heterocycles. The minimum absolute atomic E-state index is 0.231. The maximum atomic E-state index is 13.9. The van der Waals surface area contributed by atoms with Crippen LogP contribution in [0.5, 0.6) is 0 Å². The number of alkyl halides is 3. The van der Waals surface area contributed by atoms with Gasteiger partial charge in [-0.15, -0.1) is 0 Å². The maximum Gasteiger partial charge on any atom is 0.420 e. The number of aliphatic hydroxyl groups is 3. The van der Waals surface area contributed by atoms with Crippen LogP contribution >= 0.6 is 11.8 Å². The molecule has 0 aromatic heterocycles. The zero-order chi connectivity index (χ0) is 20.0. The molecule has 6 atom stereocenters. The lowest BCUT2D eigenvalue weighted by atomic mass is 9.81. The molecule has 1 aromatic rings. The third-order valence-electron chi connectivity index (χ3n) is 4.71. The highest BCUT2D eigenvalue weighted by molar-refractivity contribution is 8.14. The largest absolute Gasteiger partial charge is 0.420 e. The van der Waals surface area contributed by atoms with Crippen molar-refractivity contribution in [2.75, 3.05) is 14.1 Å². The molecule has 0 spiro atoms. The normalized spacial score (nSPS) is 33.2. The van der Waals surface area contributed by atoms with E-state index in [9.17, 15) is 28.5 Å². The molecule has 6 nitrogen and oxygen atoms in total. The Balaban J connectivity index is 1.92. The molecular formula is C17H21F3N2O4S. The van der Waals surface area contributed by atoms with E-state index >= 15 is 0 Å². The molecule has 27 heavy (non-hydrogen) atoms. The number of nitrogens with zero attached hydrogens (tertiary/aromatic N) is 2. The Kier molecular flexibility index (Phi) is 5.48. The van der Waals surface area contributed by atoms with Crippen LogP contribution in [0.15, 0.2) is 35.3 Å². The van der Waals surface area contributed by atoms with Gasteiger partial charge in [0.25, 0.3) is 0 Å². The van der Waals surface area contributed by atoms with Crippen LogP contribution in [0.4, 0.5) is 13.2 Å². The molecule has 1 aromatic carbocycles. The molecule has 150 valence electrons. The second-order valence-corrected chi connectivity index (χ2v) is 7.97. The van der Waals surface area contributed by atoms with Crippen molar-refractivity contribution in [1.82, 2.24) is 4.90 Å². The lowest BCUT2D eigenvalue weighted by molar-refractivity contribution is -0.323. The summed E-state index contributed by atoms with van der Waals surface area (Å²) in [5.41, 5.74) is -4.08. The van der Waals surface area contributed by atoms with Gasteiger partial charge in [0.1, 0.15) is 29.8 Å². The summed E-state index contributed by atoms with van der Waals surface area (Å²) in [5.74, 6) is 0. The summed E-state index contributed by atoms with van der Waals surface area (Å²) in [6, 6.07) is 6.74. The van der Waals surface area contributed by atoms with Gasteiger partial charge in [-0.05, 0) is 5.56 Å². The highest BCUT2D eigenvalue weighted by atomic mass is 32.2. The van der Waals surface area contributed by atoms with Crippen LogP contribution in [0.1, 0.15) is 5.56 Å². The van der Waals surface area contributed by atoms with Crippen molar-refractivity contribution in [2.24, 2.45) is 4.99 Å². The zero-order valence-corrected chi connectivity index (χ0v) is 15.5. The number of hydrogen-bond donors (Lipinski definition) is 3. The van der Waals surface area contributed by atoms with Gasteiger partial charge in [-0.1, -0.05) is 42.1 Å². The van der Waals surface area contributed by atoms with Crippen molar-refractivity contribution in [3.05, 3.63) is 35.9 Å². The standard InChI is InChI=1S/C17H21F3N2O4S/c1-22(2)15-21-10-11(23)12(24)13(26-14(10)27-15)16(25,17(18,19)20)8-9-6-4-3-5-7-9/h3-7,10-14,23-25H,8H2,1-2H3/t10-,11-,12+,13+,14-,16+/m1/s1. The number of aliphatic imine (C=N–C) groups is 1. The number of fused-ring (bicyclic) bond motifs is 1. The van der Waals surface area contributed by atoms with Gasteiger partial charge < -0.3 is 25.0 Å². The van der Waals surface area contributed by atoms with E-state index in [0.717, 1.165) is 11.8 Å². The second kappa shape index (κ2) is 7.25. The van der Waals surface area contributed by atoms with Crippen molar-refractivity contribution >= 4 is 16.9 Å². The fraction of sp³-hybridized carbons (Fsp3) is 0.588. The Labute approximate surface area is 158 Å². The van der Waals surface area contributed by atoms with Gasteiger partial charge in [0.2, 0.25) is 0 Å². The number of ether oxygens (including phenoxy) is 1. The Hall–Kier alpha value is -1.33. The summed E-state index contributed by atoms with van der Waals surface area (Å²) in [5, 5.41) is 31.8. The van der Waals surface area contributed by atoms with Crippen molar-refractivity contribution in [3.8, 4) is 0 Å². The SMILES string of the molecule is CN(C)C1=N[C@@H]2[C@@H](O)[C@H](O)[C@@H]([C@@](O)(Cc3ccccc3)C(F)(F)F)O[C@@H]2S1. The highest BCUT2D eigenvalue weighted by Gasteiger charge is 2.65. The van der Waals surface area contributed by atoms with Crippen molar-refractivity contribution in [1.29, 1.82) is 0 Å². The molecule has 0 amide bonds. The van der Waals surface area contributed by atoms with Crippen LogP contribution in [0.25, 0.3) is 0 Å². The van der Waals surface area contributed by atoms with E-state index in [-0.39, 0.29) is 5.56 Å². The molecule has 3 N–H and O–H groups in total. The summed E-state index contributed by atoms with van der Waals surface area (Å²) < 4.78 is 47.1. The lowest BCUT2D eigenvalue weighted by Crippen LogP contribution is -2.68. The van der Waals surface area contributed by atoms with Crippen LogP contribution in [0.2, 0.25) is 0 Å². The van der Waals surface area contributed by atoms with Crippen molar-refractivity contribution in [3.63, 3.8) is 0 Å². The Morgan fingerprint density at radius 1 is 1.15 bits per heavy atom. The zero-order valence-electron chi connectivity index (χ0n) is 14.7. The maximum absolute atomic E-state index is 13.9. The minimum atomic E-state index is -5.09. The van der Waals surface area contributed by atoms with Crippen LogP contribution in [-0.4, -0.2) is 81.0 Å². The first-order valence-corrected chi connectivity index (χ1v) is 9.19. The quantitative estimate of drug-likeness (QED) is 0.695. The molecule has 2 heterocycles.